The molecule has 6 atom stereocenters. The van der Waals surface area contributed by atoms with Crippen LogP contribution in [0.25, 0.3) is 121 Å². The zero-order chi connectivity index (χ0) is 104. The van der Waals surface area contributed by atoms with Crippen LogP contribution in [0.4, 0.5) is 22.0 Å². The van der Waals surface area contributed by atoms with Gasteiger partial charge in [-0.1, -0.05) is 6.07 Å². The lowest BCUT2D eigenvalue weighted by Gasteiger charge is -2.21. The van der Waals surface area contributed by atoms with Crippen LogP contribution in [0.1, 0.15) is 110 Å². The van der Waals surface area contributed by atoms with Gasteiger partial charge in [0.15, 0.2) is 13.2 Å². The molecule has 0 spiro atoms. The number of imidazole rings is 1. The number of H-pyrrole nitrogens is 1. The average molecular weight is 2010 g/mol. The van der Waals surface area contributed by atoms with Crippen LogP contribution in [-0.4, -0.2) is 167 Å². The van der Waals surface area contributed by atoms with Crippen molar-refractivity contribution in [1.29, 1.82) is 0 Å². The first-order valence-electron chi connectivity index (χ1n) is 47.8. The molecule has 3 saturated heterocycles. The van der Waals surface area contributed by atoms with E-state index in [1.54, 1.807) is 85.8 Å². The van der Waals surface area contributed by atoms with Gasteiger partial charge in [-0.05, 0) is 252 Å². The number of nitrogens with two attached hydrogens (primary N) is 2. The van der Waals surface area contributed by atoms with Crippen molar-refractivity contribution in [1.82, 2.24) is 90.3 Å². The van der Waals surface area contributed by atoms with E-state index in [0.29, 0.717) is 89.7 Å². The number of benzene rings is 6. The Bertz CT molecular complexity index is 7900. The van der Waals surface area contributed by atoms with Crippen LogP contribution in [0.2, 0.25) is 0 Å². The number of pyridine rings is 9. The number of amides is 5. The summed E-state index contributed by atoms with van der Waals surface area (Å²) in [5.41, 5.74) is 28.5. The minimum atomic E-state index is -4.42. The molecule has 15 heterocycles. The molecule has 18 aromatic rings. The third-order valence-electron chi connectivity index (χ3n) is 25.4. The van der Waals surface area contributed by atoms with Gasteiger partial charge in [0, 0.05) is 206 Å². The SMILES string of the molecule is CC(C)n1cc(-c2cc(OCc3ncccc3C(N)=O)c3cccnc3c2)cn1.CC(F)(F)COc1ccc(-c2cc(OCc3ncccc3C(N)=O)c3cccnc3c2)cn1.C[C@@H](Oc1cc(-c2ccc(OCC(F)(F)F)nc2)cc2ncccc12)[C@H]1CNC(=O)C1.Cc1c(-c2cc(O[C@H](C)[C@H]3CNC(=O)C3)c3cccnc3c2)cnn1C.Cc1nc2ccc(-c3cc(O[C@H](C)[C@H]4CNC(=O)C4)c4cccnc4c3)cc2[nH]1. The number of nitrogens with one attached hydrogen (secondary N) is 4. The summed E-state index contributed by atoms with van der Waals surface area (Å²) < 4.78 is 107. The molecule has 0 saturated carbocycles. The average Bonchev–Trinajstić information content (AvgIpc) is 1.33. The molecule has 21 rings (SSSR count). The highest BCUT2D eigenvalue weighted by molar-refractivity contribution is 5.97. The number of fused-ring (bicyclic) bond motifs is 6. The predicted molar refractivity (Wildman–Crippen MR) is 549 cm³/mol. The zero-order valence-corrected chi connectivity index (χ0v) is 82.1. The molecule has 0 radical (unpaired) electrons. The van der Waals surface area contributed by atoms with E-state index in [-0.39, 0.29) is 90.4 Å². The van der Waals surface area contributed by atoms with Crippen molar-refractivity contribution in [2.24, 2.45) is 36.3 Å². The quantitative estimate of drug-likeness (QED) is 0.0248. The number of aromatic amines is 1. The van der Waals surface area contributed by atoms with Crippen LogP contribution in [0.5, 0.6) is 40.5 Å². The van der Waals surface area contributed by atoms with Crippen LogP contribution in [0.3, 0.4) is 0 Å². The minimum Gasteiger partial charge on any atom is -0.490 e. The molecule has 12 aromatic heterocycles. The molecular formula is C111H105F5N20O12. The molecule has 148 heavy (non-hydrogen) atoms. The highest BCUT2D eigenvalue weighted by Crippen LogP contribution is 2.42. The number of carbonyl (C=O) groups excluding carboxylic acids is 5. The van der Waals surface area contributed by atoms with E-state index in [2.05, 4.69) is 136 Å². The number of halogens is 5. The number of primary amides is 2. The second-order valence-corrected chi connectivity index (χ2v) is 36.5. The van der Waals surface area contributed by atoms with E-state index < -0.39 is 37.1 Å². The van der Waals surface area contributed by atoms with Crippen molar-refractivity contribution in [3.8, 4) is 96.1 Å². The number of alkyl halides is 5. The van der Waals surface area contributed by atoms with Gasteiger partial charge in [0.2, 0.25) is 29.5 Å². The smallest absolute Gasteiger partial charge is 0.422 e. The van der Waals surface area contributed by atoms with Crippen LogP contribution >= 0.6 is 0 Å². The summed E-state index contributed by atoms with van der Waals surface area (Å²) >= 11 is 0. The predicted octanol–water partition coefficient (Wildman–Crippen LogP) is 19.1. The van der Waals surface area contributed by atoms with Crippen molar-refractivity contribution in [2.45, 2.75) is 124 Å². The maximum atomic E-state index is 13.0. The Morgan fingerprint density at radius 3 is 1.16 bits per heavy atom. The summed E-state index contributed by atoms with van der Waals surface area (Å²) in [6.07, 6.45) is 17.2. The number of nitrogens with zero attached hydrogens (tertiary/aromatic N) is 14. The van der Waals surface area contributed by atoms with Crippen molar-refractivity contribution in [3.05, 3.63) is 296 Å². The Morgan fingerprint density at radius 1 is 0.412 bits per heavy atom. The molecule has 0 bridgehead atoms. The fraction of sp³-hybridized carbons (Fsp3) is 0.252. The van der Waals surface area contributed by atoms with Gasteiger partial charge in [-0.25, -0.2) is 23.7 Å². The number of rotatable bonds is 28. The summed E-state index contributed by atoms with van der Waals surface area (Å²) in [5.74, 6) is 0.825. The van der Waals surface area contributed by atoms with Crippen molar-refractivity contribution >= 4 is 95.1 Å². The van der Waals surface area contributed by atoms with E-state index in [9.17, 15) is 45.9 Å². The minimum absolute atomic E-state index is 0.0135. The number of ether oxygens (including phenoxy) is 7. The largest absolute Gasteiger partial charge is 0.490 e. The molecule has 5 amide bonds. The standard InChI is InChI=1S/C24H20F2N4O3.C23H22N4O2.C22H20F3N3O3.C22H21N5O2.C20H22N4O2/c1-24(25,26)14-33-22-7-6-15(12-30-22)16-10-19-17(4-2-8-28-19)21(11-16)32-13-20-18(23(27)31)5-3-9-29-20;1-13(17-11-23(28)25-12-17)29-22-10-16(9-20-18(22)4-3-7-24-20)15-5-6-19-21(8-15)27-14(2)26-19;1-13(16-9-20(29)27-11-16)31-19-8-15(7-18-17(19)3-2-6-26-18)14-4-5-21(28-10-14)30-12-22(23,24)25;1-14(2)27-12-16(11-26-27)15-9-19-17(5-3-7-24-19)21(10-15)29-13-20-18(22(23)28)6-4-8-25-20;1-12-17(11-23-24(12)3)14-7-18-16(5-4-6-21-18)19(8-14)26-13(2)15-9-20(25)22-10-15/h2-12H,13-14H2,1H3,(H2,27,31);3-10,13,17H,11-12H2,1-2H3,(H,25,28)(H,26,27);2-8,10,13,16H,9,11-12H2,1H3,(H,27,29);3-12,14H,13H2,1-2H3,(H2,23,28);4-8,11,13,15H,9-10H2,1-3H3,(H,22,25)/t;13-,17-;13-,16-;;13-,15-/m.11.1/s1. The summed E-state index contributed by atoms with van der Waals surface area (Å²) in [7, 11) is 1.93. The Morgan fingerprint density at radius 2 is 0.791 bits per heavy atom. The van der Waals surface area contributed by atoms with Gasteiger partial charge in [-0.2, -0.15) is 23.4 Å². The number of hydrogen-bond acceptors (Lipinski definition) is 24. The number of carbonyl (C=O) groups is 5. The number of hydrogen-bond donors (Lipinski definition) is 6. The fourth-order valence-electron chi connectivity index (χ4n) is 17.2. The van der Waals surface area contributed by atoms with Gasteiger partial charge in [-0.15, -0.1) is 0 Å². The highest BCUT2D eigenvalue weighted by Gasteiger charge is 2.34. The van der Waals surface area contributed by atoms with Gasteiger partial charge >= 0.3 is 6.18 Å². The molecular weight excluding hydrogens is 1900 g/mol. The van der Waals surface area contributed by atoms with Crippen molar-refractivity contribution < 1.29 is 79.1 Å². The van der Waals surface area contributed by atoms with Crippen molar-refractivity contribution in [2.75, 3.05) is 32.8 Å². The lowest BCUT2D eigenvalue weighted by atomic mass is 10.0. The number of aromatic nitrogens is 15. The second kappa shape index (κ2) is 45.2. The summed E-state index contributed by atoms with van der Waals surface area (Å²) in [6.45, 7) is 14.8. The molecule has 0 unspecified atom stereocenters. The topological polar surface area (TPSA) is 418 Å². The van der Waals surface area contributed by atoms with Gasteiger partial charge in [0.05, 0.1) is 73.5 Å². The first-order valence-corrected chi connectivity index (χ1v) is 47.8. The second-order valence-electron chi connectivity index (χ2n) is 36.5. The Labute approximate surface area is 846 Å². The third-order valence-corrected chi connectivity index (χ3v) is 25.4. The summed E-state index contributed by atoms with van der Waals surface area (Å²) in [6, 6.07) is 58.0. The Hall–Kier alpha value is -17.5. The van der Waals surface area contributed by atoms with E-state index in [1.165, 1.54) is 24.5 Å². The lowest BCUT2D eigenvalue weighted by molar-refractivity contribution is -0.154. The van der Waals surface area contributed by atoms with Gasteiger partial charge in [-0.3, -0.25) is 68.2 Å². The maximum absolute atomic E-state index is 13.0. The molecule has 0 aliphatic carbocycles. The zero-order valence-electron chi connectivity index (χ0n) is 82.1. The van der Waals surface area contributed by atoms with Gasteiger partial charge < -0.3 is 65.6 Å². The van der Waals surface area contributed by atoms with Crippen LogP contribution in [0.15, 0.2) is 262 Å². The van der Waals surface area contributed by atoms with Gasteiger partial charge in [0.25, 0.3) is 17.7 Å². The summed E-state index contributed by atoms with van der Waals surface area (Å²) in [4.78, 5) is 105. The maximum Gasteiger partial charge on any atom is 0.422 e. The normalized spacial score (nSPS) is 15.0. The van der Waals surface area contributed by atoms with E-state index in [1.807, 2.05) is 167 Å². The molecule has 6 aromatic carbocycles. The summed E-state index contributed by atoms with van der Waals surface area (Å²) in [5, 5.41) is 21.8. The van der Waals surface area contributed by atoms with Crippen molar-refractivity contribution in [3.63, 3.8) is 0 Å². The monoisotopic (exact) mass is 2000 g/mol. The van der Waals surface area contributed by atoms with E-state index >= 15 is 0 Å². The van der Waals surface area contributed by atoms with E-state index in [0.717, 1.165) is 135 Å². The highest BCUT2D eigenvalue weighted by atomic mass is 19.4. The van der Waals surface area contributed by atoms with Crippen LogP contribution in [-0.2, 0) is 34.6 Å². The molecule has 32 nitrogen and oxygen atoms in total. The van der Waals surface area contributed by atoms with Crippen LogP contribution < -0.4 is 60.6 Å². The Balaban J connectivity index is 0.000000126. The van der Waals surface area contributed by atoms with E-state index in [4.69, 9.17) is 39.9 Å². The lowest BCUT2D eigenvalue weighted by Crippen LogP contribution is -2.25. The molecule has 756 valence electrons. The molecule has 3 aliphatic rings. The molecule has 3 aliphatic heterocycles. The van der Waals surface area contributed by atoms with Crippen LogP contribution in [0, 0.1) is 31.6 Å². The fourth-order valence-corrected chi connectivity index (χ4v) is 17.2. The molecule has 3 fully saturated rings. The first kappa shape index (κ1) is 102. The first-order chi connectivity index (χ1) is 71.2. The van der Waals surface area contributed by atoms with Gasteiger partial charge in [0.1, 0.15) is 66.1 Å². The molecule has 8 N–H and O–H groups in total. The number of aryl methyl sites for hydroxylation is 2. The molecule has 37 heteroatoms. The third kappa shape index (κ3) is 25.3. The Kier molecular flexibility index (Phi) is 31.1.